The minimum Gasteiger partial charge on any atom is -0.422 e. The molecule has 0 unspecified atom stereocenters. The fourth-order valence-corrected chi connectivity index (χ4v) is 3.39. The number of aromatic nitrogens is 1. The largest absolute Gasteiger partial charge is 0.422 e. The average molecular weight is 505 g/mol. The zero-order valence-corrected chi connectivity index (χ0v) is 15.9. The van der Waals surface area contributed by atoms with Gasteiger partial charge in [-0.1, -0.05) is 12.1 Å². The lowest BCUT2D eigenvalue weighted by atomic mass is 10.1. The Kier molecular flexibility index (Phi) is 5.62. The van der Waals surface area contributed by atoms with Gasteiger partial charge in [0.2, 0.25) is 0 Å². The summed E-state index contributed by atoms with van der Waals surface area (Å²) in [4.78, 5) is 7.30. The maximum Gasteiger partial charge on any atom is 0.416 e. The third-order valence-corrected chi connectivity index (χ3v) is 4.83. The van der Waals surface area contributed by atoms with Gasteiger partial charge in [-0.05, 0) is 34.7 Å². The first-order valence-corrected chi connectivity index (χ1v) is 8.99. The molecule has 0 saturated carbocycles. The van der Waals surface area contributed by atoms with E-state index in [0.717, 1.165) is 12.1 Å². The molecule has 1 aliphatic rings. The van der Waals surface area contributed by atoms with Gasteiger partial charge in [0.05, 0.1) is 12.1 Å². The van der Waals surface area contributed by atoms with Crippen LogP contribution in [0.25, 0.3) is 11.3 Å². The molecule has 1 aromatic carbocycles. The van der Waals surface area contributed by atoms with Gasteiger partial charge in [0.25, 0.3) is 6.01 Å². The molecule has 0 bridgehead atoms. The minimum absolute atomic E-state index is 0.216. The second-order valence-corrected chi connectivity index (χ2v) is 7.09. The summed E-state index contributed by atoms with van der Waals surface area (Å²) in [5.74, 6) is 0.331. The first-order chi connectivity index (χ1) is 12.5. The second-order valence-electron chi connectivity index (χ2n) is 6.07. The highest BCUT2D eigenvalue weighted by Crippen LogP contribution is 2.34. The van der Waals surface area contributed by atoms with Gasteiger partial charge in [-0.2, -0.15) is 31.3 Å². The summed E-state index contributed by atoms with van der Waals surface area (Å²) in [6.45, 7) is 0.112. The standard InChI is InChI=1S/C16H14F6IN3O/c17-15(18,19)9-25-5-7-26(8-6-25)14-24-13(23)12(27-14)10-1-3-11(4-2-10)16(20,21)22/h1-4H,5-9H2. The molecular formula is C16H14F6IN3O. The molecule has 0 aliphatic carbocycles. The van der Waals surface area contributed by atoms with Gasteiger partial charge in [0, 0.05) is 31.7 Å². The molecule has 0 amide bonds. The van der Waals surface area contributed by atoms with E-state index in [2.05, 4.69) is 4.98 Å². The quantitative estimate of drug-likeness (QED) is 0.450. The van der Waals surface area contributed by atoms with Crippen molar-refractivity contribution >= 4 is 28.6 Å². The van der Waals surface area contributed by atoms with E-state index in [4.69, 9.17) is 4.42 Å². The normalized spacial score (nSPS) is 16.8. The summed E-state index contributed by atoms with van der Waals surface area (Å²) in [7, 11) is 0. The Bertz CT molecular complexity index is 779. The molecule has 1 aliphatic heterocycles. The van der Waals surface area contributed by atoms with E-state index in [-0.39, 0.29) is 19.1 Å². The van der Waals surface area contributed by atoms with Gasteiger partial charge in [-0.3, -0.25) is 4.90 Å². The van der Waals surface area contributed by atoms with Gasteiger partial charge in [0.1, 0.15) is 3.70 Å². The van der Waals surface area contributed by atoms with Gasteiger partial charge in [0.15, 0.2) is 5.76 Å². The molecule has 0 N–H and O–H groups in total. The molecule has 27 heavy (non-hydrogen) atoms. The van der Waals surface area contributed by atoms with Crippen molar-refractivity contribution in [1.29, 1.82) is 0 Å². The lowest BCUT2D eigenvalue weighted by molar-refractivity contribution is -0.146. The molecule has 2 aromatic rings. The number of anilines is 1. The predicted octanol–water partition coefficient (Wildman–Crippen LogP) is 4.65. The first kappa shape index (κ1) is 20.2. The van der Waals surface area contributed by atoms with E-state index in [1.165, 1.54) is 17.0 Å². The zero-order valence-electron chi connectivity index (χ0n) is 13.7. The van der Waals surface area contributed by atoms with E-state index in [0.29, 0.717) is 28.1 Å². The van der Waals surface area contributed by atoms with Crippen LogP contribution in [0.4, 0.5) is 32.4 Å². The molecule has 1 aromatic heterocycles. The number of hydrogen-bond acceptors (Lipinski definition) is 4. The molecule has 1 fully saturated rings. The van der Waals surface area contributed by atoms with E-state index < -0.39 is 24.5 Å². The van der Waals surface area contributed by atoms with Crippen molar-refractivity contribution in [3.8, 4) is 11.3 Å². The van der Waals surface area contributed by atoms with E-state index in [1.54, 1.807) is 4.90 Å². The van der Waals surface area contributed by atoms with Crippen molar-refractivity contribution < 1.29 is 30.8 Å². The van der Waals surface area contributed by atoms with E-state index in [9.17, 15) is 26.3 Å². The second kappa shape index (κ2) is 7.49. The van der Waals surface area contributed by atoms with Crippen molar-refractivity contribution in [2.75, 3.05) is 37.6 Å². The number of nitrogens with zero attached hydrogens (tertiary/aromatic N) is 3. The monoisotopic (exact) mass is 505 g/mol. The molecule has 0 radical (unpaired) electrons. The average Bonchev–Trinajstić information content (AvgIpc) is 2.95. The molecule has 2 heterocycles. The van der Waals surface area contributed by atoms with Crippen molar-refractivity contribution in [2.24, 2.45) is 0 Å². The number of halogens is 7. The first-order valence-electron chi connectivity index (χ1n) is 7.91. The SMILES string of the molecule is FC(F)(F)CN1CCN(c2nc(I)c(-c3ccc(C(F)(F)F)cc3)o2)CC1. The third-order valence-electron chi connectivity index (χ3n) is 4.09. The smallest absolute Gasteiger partial charge is 0.416 e. The fourth-order valence-electron chi connectivity index (χ4n) is 2.77. The minimum atomic E-state index is -4.42. The van der Waals surface area contributed by atoms with Crippen LogP contribution in [-0.4, -0.2) is 48.8 Å². The van der Waals surface area contributed by atoms with E-state index in [1.807, 2.05) is 22.6 Å². The number of benzene rings is 1. The highest BCUT2D eigenvalue weighted by atomic mass is 127. The van der Waals surface area contributed by atoms with Crippen molar-refractivity contribution in [2.45, 2.75) is 12.4 Å². The van der Waals surface area contributed by atoms with Crippen LogP contribution in [0.5, 0.6) is 0 Å². The third kappa shape index (κ3) is 5.06. The van der Waals surface area contributed by atoms with Crippen LogP contribution in [0.1, 0.15) is 5.56 Å². The van der Waals surface area contributed by atoms with Crippen LogP contribution in [-0.2, 0) is 6.18 Å². The molecular weight excluding hydrogens is 491 g/mol. The summed E-state index contributed by atoms with van der Waals surface area (Å²) in [6, 6.07) is 4.78. The fraction of sp³-hybridized carbons (Fsp3) is 0.438. The number of hydrogen-bond donors (Lipinski definition) is 0. The van der Waals surface area contributed by atoms with Gasteiger partial charge < -0.3 is 9.32 Å². The van der Waals surface area contributed by atoms with Crippen LogP contribution >= 0.6 is 22.6 Å². The Morgan fingerprint density at radius 3 is 2.07 bits per heavy atom. The number of alkyl halides is 6. The van der Waals surface area contributed by atoms with Gasteiger partial charge >= 0.3 is 12.4 Å². The number of piperazine rings is 1. The van der Waals surface area contributed by atoms with Gasteiger partial charge in [-0.25, -0.2) is 0 Å². The van der Waals surface area contributed by atoms with Crippen LogP contribution < -0.4 is 4.90 Å². The van der Waals surface area contributed by atoms with Crippen LogP contribution in [0.15, 0.2) is 28.7 Å². The predicted molar refractivity (Wildman–Crippen MR) is 94.4 cm³/mol. The summed E-state index contributed by atoms with van der Waals surface area (Å²) >= 11 is 1.91. The maximum absolute atomic E-state index is 12.7. The number of rotatable bonds is 3. The molecule has 4 nitrogen and oxygen atoms in total. The molecule has 0 spiro atoms. The van der Waals surface area contributed by atoms with Crippen LogP contribution in [0.2, 0.25) is 0 Å². The number of oxazole rings is 1. The molecule has 1 saturated heterocycles. The van der Waals surface area contributed by atoms with Crippen LogP contribution in [0.3, 0.4) is 0 Å². The van der Waals surface area contributed by atoms with Gasteiger partial charge in [-0.15, -0.1) is 0 Å². The Morgan fingerprint density at radius 1 is 0.963 bits per heavy atom. The Labute approximate surface area is 164 Å². The molecule has 148 valence electrons. The summed E-state index contributed by atoms with van der Waals surface area (Å²) in [6.07, 6.45) is -8.66. The van der Waals surface area contributed by atoms with Crippen LogP contribution in [0, 0.1) is 3.70 Å². The Balaban J connectivity index is 1.70. The highest BCUT2D eigenvalue weighted by molar-refractivity contribution is 14.1. The molecule has 11 heteroatoms. The maximum atomic E-state index is 12.7. The molecule has 0 atom stereocenters. The lowest BCUT2D eigenvalue weighted by Crippen LogP contribution is -2.49. The Morgan fingerprint density at radius 2 is 1.56 bits per heavy atom. The lowest BCUT2D eigenvalue weighted by Gasteiger charge is -2.34. The van der Waals surface area contributed by atoms with Crippen molar-refractivity contribution in [3.05, 3.63) is 33.5 Å². The highest BCUT2D eigenvalue weighted by Gasteiger charge is 2.33. The Hall–Kier alpha value is -1.50. The summed E-state index contributed by atoms with van der Waals surface area (Å²) in [5, 5.41) is 0. The van der Waals surface area contributed by atoms with Crippen molar-refractivity contribution in [3.63, 3.8) is 0 Å². The summed E-state index contributed by atoms with van der Waals surface area (Å²) in [5.41, 5.74) is -0.316. The zero-order chi connectivity index (χ0) is 19.8. The van der Waals surface area contributed by atoms with Crippen molar-refractivity contribution in [1.82, 2.24) is 9.88 Å². The van der Waals surface area contributed by atoms with E-state index >= 15 is 0 Å². The topological polar surface area (TPSA) is 32.5 Å². The summed E-state index contributed by atoms with van der Waals surface area (Å²) < 4.78 is 81.5. The molecule has 3 rings (SSSR count).